The van der Waals surface area contributed by atoms with Gasteiger partial charge >= 0.3 is 0 Å². The van der Waals surface area contributed by atoms with E-state index < -0.39 is 37.3 Å². The molecule has 2 bridgehead atoms. The Balaban J connectivity index is 1.44. The van der Waals surface area contributed by atoms with Crippen LogP contribution < -0.4 is 0 Å². The molecule has 7 atom stereocenters. The minimum atomic E-state index is -1.35. The molecular weight excluding hydrogens is 350 g/mol. The maximum atomic E-state index is 10.5. The van der Waals surface area contributed by atoms with Gasteiger partial charge in [0.05, 0.1) is 17.6 Å². The van der Waals surface area contributed by atoms with Crippen LogP contribution in [0.1, 0.15) is 29.4 Å². The van der Waals surface area contributed by atoms with Crippen molar-refractivity contribution >= 4 is 11.0 Å². The molecule has 0 saturated carbocycles. The number of aromatic nitrogens is 2. The van der Waals surface area contributed by atoms with Gasteiger partial charge in [0, 0.05) is 25.5 Å². The Bertz CT molecular complexity index is 812. The number of fused-ring (bicyclic) bond motifs is 6. The molecule has 3 heterocycles. The van der Waals surface area contributed by atoms with Crippen molar-refractivity contribution in [1.82, 2.24) is 14.9 Å². The van der Waals surface area contributed by atoms with Gasteiger partial charge in [0.2, 0.25) is 0 Å². The van der Waals surface area contributed by atoms with Crippen molar-refractivity contribution in [1.29, 1.82) is 0 Å². The highest BCUT2D eigenvalue weighted by molar-refractivity contribution is 5.77. The zero-order valence-corrected chi connectivity index (χ0v) is 14.7. The van der Waals surface area contributed by atoms with E-state index in [1.165, 1.54) is 11.1 Å². The molecule has 8 nitrogen and oxygen atoms in total. The first-order valence-corrected chi connectivity index (χ1v) is 9.36. The first kappa shape index (κ1) is 17.4. The van der Waals surface area contributed by atoms with E-state index in [4.69, 9.17) is 4.74 Å². The van der Waals surface area contributed by atoms with Crippen LogP contribution in [0.4, 0.5) is 0 Å². The van der Waals surface area contributed by atoms with Crippen LogP contribution in [0.25, 0.3) is 11.0 Å². The van der Waals surface area contributed by atoms with E-state index in [2.05, 4.69) is 22.1 Å². The predicted octanol–water partition coefficient (Wildman–Crippen LogP) is -0.684. The van der Waals surface area contributed by atoms with Gasteiger partial charge in [-0.25, -0.2) is 0 Å². The summed E-state index contributed by atoms with van der Waals surface area (Å²) in [5.74, 6) is 0.579. The lowest BCUT2D eigenvalue weighted by Crippen LogP contribution is -2.64. The van der Waals surface area contributed by atoms with Gasteiger partial charge in [-0.1, -0.05) is 0 Å². The Morgan fingerprint density at radius 3 is 2.07 bits per heavy atom. The van der Waals surface area contributed by atoms with Crippen molar-refractivity contribution in [2.24, 2.45) is 0 Å². The quantitative estimate of drug-likeness (QED) is 0.547. The molecule has 4 N–H and O–H groups in total. The van der Waals surface area contributed by atoms with Crippen LogP contribution in [-0.2, 0) is 4.74 Å². The average molecular weight is 373 g/mol. The molecule has 0 spiro atoms. The molecule has 1 aromatic carbocycles. The van der Waals surface area contributed by atoms with Crippen molar-refractivity contribution in [2.75, 3.05) is 19.7 Å². The van der Waals surface area contributed by atoms with E-state index in [-0.39, 0.29) is 11.8 Å². The smallest absolute Gasteiger partial charge is 0.140 e. The van der Waals surface area contributed by atoms with Gasteiger partial charge < -0.3 is 25.2 Å². The fourth-order valence-electron chi connectivity index (χ4n) is 4.93. The third-order valence-electron chi connectivity index (χ3n) is 6.26. The Hall–Kier alpha value is -1.68. The molecule has 5 rings (SSSR count). The largest absolute Gasteiger partial charge is 0.394 e. The number of nitrogens with zero attached hydrogens (tertiary/aromatic N) is 3. The average Bonchev–Trinajstić information content (AvgIpc) is 2.94. The number of piperidine rings is 1. The predicted molar refractivity (Wildman–Crippen MR) is 95.0 cm³/mol. The van der Waals surface area contributed by atoms with Gasteiger partial charge in [-0.2, -0.15) is 0 Å². The van der Waals surface area contributed by atoms with E-state index in [1.54, 1.807) is 12.4 Å². The molecule has 1 aromatic heterocycles. The summed E-state index contributed by atoms with van der Waals surface area (Å²) >= 11 is 0. The second kappa shape index (κ2) is 6.44. The highest BCUT2D eigenvalue weighted by Crippen LogP contribution is 2.47. The lowest BCUT2D eigenvalue weighted by molar-refractivity contribution is -0.267. The monoisotopic (exact) mass is 373 g/mol. The number of hydrogen-bond acceptors (Lipinski definition) is 8. The zero-order valence-electron chi connectivity index (χ0n) is 14.7. The summed E-state index contributed by atoms with van der Waals surface area (Å²) in [4.78, 5) is 10.8. The number of benzene rings is 1. The normalized spacial score (nSPS) is 38.9. The molecule has 27 heavy (non-hydrogen) atoms. The molecule has 2 fully saturated rings. The maximum Gasteiger partial charge on any atom is 0.140 e. The fraction of sp³-hybridized carbons (Fsp3) is 0.579. The Kier molecular flexibility index (Phi) is 4.15. The third kappa shape index (κ3) is 2.67. The van der Waals surface area contributed by atoms with Crippen molar-refractivity contribution in [3.8, 4) is 0 Å². The number of likely N-dealkylation sites (tertiary alicyclic amines) is 1. The zero-order chi connectivity index (χ0) is 18.7. The number of aliphatic hydroxyl groups is 4. The summed E-state index contributed by atoms with van der Waals surface area (Å²) < 4.78 is 5.76. The van der Waals surface area contributed by atoms with Gasteiger partial charge in [0.15, 0.2) is 0 Å². The van der Waals surface area contributed by atoms with Gasteiger partial charge in [-0.15, -0.1) is 0 Å². The van der Waals surface area contributed by atoms with E-state index in [9.17, 15) is 20.4 Å². The molecular formula is C19H23N3O5. The Morgan fingerprint density at radius 1 is 0.926 bits per heavy atom. The molecule has 144 valence electrons. The lowest BCUT2D eigenvalue weighted by atomic mass is 9.92. The Labute approximate surface area is 156 Å². The minimum Gasteiger partial charge on any atom is -0.394 e. The van der Waals surface area contributed by atoms with Crippen LogP contribution in [0.3, 0.4) is 0 Å². The molecule has 2 saturated heterocycles. The number of rotatable bonds is 2. The standard InChI is InChI=1S/C19H23N3O5/c23-8-15-16(24)17(25)18(26)19(27-15)22-6-9-3-10(7-22)12-5-14-13(4-11(9)12)20-1-2-21-14/h1-2,4-5,9-10,15-19,23-26H,3,6-8H2/t9?,10?,15-,16-,17+,18-,19-/m1/s1. The van der Waals surface area contributed by atoms with Crippen LogP contribution in [0.2, 0.25) is 0 Å². The van der Waals surface area contributed by atoms with Crippen molar-refractivity contribution in [3.05, 3.63) is 35.7 Å². The summed E-state index contributed by atoms with van der Waals surface area (Å²) in [7, 11) is 0. The molecule has 0 amide bonds. The van der Waals surface area contributed by atoms with Crippen LogP contribution in [0.15, 0.2) is 24.5 Å². The second-order valence-corrected chi connectivity index (χ2v) is 7.83. The van der Waals surface area contributed by atoms with E-state index in [1.807, 2.05) is 4.90 Å². The number of ether oxygens (including phenoxy) is 1. The van der Waals surface area contributed by atoms with Crippen LogP contribution in [-0.4, -0.2) is 85.6 Å². The van der Waals surface area contributed by atoms with Crippen molar-refractivity contribution < 1.29 is 25.2 Å². The van der Waals surface area contributed by atoms with E-state index >= 15 is 0 Å². The van der Waals surface area contributed by atoms with Crippen molar-refractivity contribution in [2.45, 2.75) is 48.9 Å². The highest BCUT2D eigenvalue weighted by atomic mass is 16.6. The Morgan fingerprint density at radius 2 is 1.52 bits per heavy atom. The molecule has 2 unspecified atom stereocenters. The lowest BCUT2D eigenvalue weighted by Gasteiger charge is -2.46. The number of hydrogen-bond donors (Lipinski definition) is 4. The molecule has 2 aromatic rings. The summed E-state index contributed by atoms with van der Waals surface area (Å²) in [6.07, 6.45) is -1.14. The van der Waals surface area contributed by atoms with Crippen LogP contribution in [0, 0.1) is 0 Å². The maximum absolute atomic E-state index is 10.5. The molecule has 8 heteroatoms. The SMILES string of the molecule is OC[C@H]1O[C@@H](N2CC3CC(C2)c2cc4nccnc4cc23)[C@H](O)[C@@H](O)[C@@H]1O. The third-order valence-corrected chi connectivity index (χ3v) is 6.26. The van der Waals surface area contributed by atoms with Crippen molar-refractivity contribution in [3.63, 3.8) is 0 Å². The summed E-state index contributed by atoms with van der Waals surface area (Å²) in [6, 6.07) is 4.22. The van der Waals surface area contributed by atoms with Crippen LogP contribution in [0.5, 0.6) is 0 Å². The van der Waals surface area contributed by atoms with Gasteiger partial charge in [0.25, 0.3) is 0 Å². The first-order chi connectivity index (χ1) is 13.1. The highest BCUT2D eigenvalue weighted by Gasteiger charge is 2.49. The van der Waals surface area contributed by atoms with Gasteiger partial charge in [0.1, 0.15) is 30.6 Å². The first-order valence-electron chi connectivity index (χ1n) is 9.36. The van der Waals surface area contributed by atoms with E-state index in [0.29, 0.717) is 13.1 Å². The molecule has 3 aliphatic rings. The summed E-state index contributed by atoms with van der Waals surface area (Å²) in [5, 5.41) is 40.0. The topological polar surface area (TPSA) is 119 Å². The van der Waals surface area contributed by atoms with Gasteiger partial charge in [-0.3, -0.25) is 14.9 Å². The molecule has 0 radical (unpaired) electrons. The second-order valence-electron chi connectivity index (χ2n) is 7.83. The molecule has 1 aliphatic carbocycles. The summed E-state index contributed by atoms with van der Waals surface area (Å²) in [5.41, 5.74) is 4.28. The number of aliphatic hydroxyl groups excluding tert-OH is 4. The van der Waals surface area contributed by atoms with E-state index in [0.717, 1.165) is 17.5 Å². The fourth-order valence-corrected chi connectivity index (χ4v) is 4.93. The summed E-state index contributed by atoms with van der Waals surface area (Å²) in [6.45, 7) is 0.945. The minimum absolute atomic E-state index is 0.289. The van der Waals surface area contributed by atoms with Crippen LogP contribution >= 0.6 is 0 Å². The van der Waals surface area contributed by atoms with Gasteiger partial charge in [-0.05, 0) is 41.5 Å². The molecule has 2 aliphatic heterocycles.